The lowest BCUT2D eigenvalue weighted by molar-refractivity contribution is 0.440. The maximum atomic E-state index is 9.97. The van der Waals surface area contributed by atoms with Crippen LogP contribution in [0.25, 0.3) is 0 Å². The van der Waals surface area contributed by atoms with E-state index in [1.807, 2.05) is 23.9 Å². The molecule has 100 valence electrons. The van der Waals surface area contributed by atoms with E-state index in [2.05, 4.69) is 34.4 Å². The predicted octanol–water partition coefficient (Wildman–Crippen LogP) is 4.09. The molecule has 1 aromatic carbocycles. The summed E-state index contributed by atoms with van der Waals surface area (Å²) in [6, 6.07) is 5.86. The summed E-state index contributed by atoms with van der Waals surface area (Å²) in [7, 11) is 0. The topological polar surface area (TPSA) is 32.3 Å². The van der Waals surface area contributed by atoms with Crippen LogP contribution in [0.15, 0.2) is 22.7 Å². The highest BCUT2D eigenvalue weighted by molar-refractivity contribution is 9.10. The van der Waals surface area contributed by atoms with Crippen LogP contribution in [0.2, 0.25) is 0 Å². The molecule has 18 heavy (non-hydrogen) atoms. The highest BCUT2D eigenvalue weighted by Crippen LogP contribution is 2.47. The average Bonchev–Trinajstić information content (AvgIpc) is 3.15. The van der Waals surface area contributed by atoms with Crippen molar-refractivity contribution in [1.29, 1.82) is 0 Å². The van der Waals surface area contributed by atoms with Gasteiger partial charge in [-0.3, -0.25) is 0 Å². The highest BCUT2D eigenvalue weighted by atomic mass is 79.9. The molecule has 0 amide bonds. The van der Waals surface area contributed by atoms with E-state index in [1.165, 1.54) is 12.8 Å². The fourth-order valence-corrected chi connectivity index (χ4v) is 3.30. The molecule has 1 fully saturated rings. The van der Waals surface area contributed by atoms with Crippen LogP contribution in [-0.4, -0.2) is 22.7 Å². The van der Waals surface area contributed by atoms with Gasteiger partial charge >= 0.3 is 0 Å². The zero-order valence-corrected chi connectivity index (χ0v) is 13.3. The van der Waals surface area contributed by atoms with Gasteiger partial charge in [0.2, 0.25) is 0 Å². The Balaban J connectivity index is 2.05. The van der Waals surface area contributed by atoms with Crippen molar-refractivity contribution in [3.63, 3.8) is 0 Å². The molecular formula is C14H20BrNOS. The number of hydrogen-bond donors (Lipinski definition) is 2. The van der Waals surface area contributed by atoms with Gasteiger partial charge in [0.25, 0.3) is 0 Å². The van der Waals surface area contributed by atoms with Gasteiger partial charge in [0.05, 0.1) is 0 Å². The summed E-state index contributed by atoms with van der Waals surface area (Å²) >= 11 is 5.43. The SMILES string of the molecule is CCC(NCC1(SC)CC1)c1cc(Br)ccc1O. The van der Waals surface area contributed by atoms with Crippen molar-refractivity contribution in [3.8, 4) is 5.75 Å². The molecule has 1 saturated carbocycles. The molecule has 2 N–H and O–H groups in total. The number of phenols is 1. The minimum absolute atomic E-state index is 0.229. The van der Waals surface area contributed by atoms with Gasteiger partial charge in [0.15, 0.2) is 0 Å². The van der Waals surface area contributed by atoms with Crippen LogP contribution in [0.1, 0.15) is 37.8 Å². The summed E-state index contributed by atoms with van der Waals surface area (Å²) in [6.07, 6.45) is 5.78. The molecule has 0 bridgehead atoms. The molecule has 0 saturated heterocycles. The van der Waals surface area contributed by atoms with Crippen LogP contribution in [0.5, 0.6) is 5.75 Å². The van der Waals surface area contributed by atoms with Gasteiger partial charge in [-0.15, -0.1) is 0 Å². The second-order valence-electron chi connectivity index (χ2n) is 4.93. The molecule has 1 aliphatic rings. The third-order valence-electron chi connectivity index (χ3n) is 3.68. The van der Waals surface area contributed by atoms with Gasteiger partial charge in [-0.2, -0.15) is 11.8 Å². The molecule has 2 nitrogen and oxygen atoms in total. The Bertz CT molecular complexity index is 420. The standard InChI is InChI=1S/C14H20BrNOS/c1-3-12(16-9-14(18-2)6-7-14)11-8-10(15)4-5-13(11)17/h4-5,8,12,16-17H,3,6-7,9H2,1-2H3. The lowest BCUT2D eigenvalue weighted by atomic mass is 10.0. The fraction of sp³-hybridized carbons (Fsp3) is 0.571. The predicted molar refractivity (Wildman–Crippen MR) is 82.3 cm³/mol. The number of rotatable bonds is 6. The Morgan fingerprint density at radius 1 is 1.50 bits per heavy atom. The second kappa shape index (κ2) is 5.85. The number of benzene rings is 1. The Labute approximate surface area is 122 Å². The Morgan fingerprint density at radius 3 is 2.78 bits per heavy atom. The quantitative estimate of drug-likeness (QED) is 0.824. The molecule has 0 aliphatic heterocycles. The lowest BCUT2D eigenvalue weighted by Gasteiger charge is -2.22. The van der Waals surface area contributed by atoms with Gasteiger partial charge in [0.1, 0.15) is 5.75 Å². The summed E-state index contributed by atoms with van der Waals surface area (Å²) in [5.74, 6) is 0.381. The Kier molecular flexibility index (Phi) is 4.62. The first-order chi connectivity index (χ1) is 8.60. The normalized spacial score (nSPS) is 18.6. The van der Waals surface area contributed by atoms with Crippen molar-refractivity contribution in [1.82, 2.24) is 5.32 Å². The van der Waals surface area contributed by atoms with Crippen molar-refractivity contribution >= 4 is 27.7 Å². The molecule has 2 rings (SSSR count). The van der Waals surface area contributed by atoms with E-state index < -0.39 is 0 Å². The molecule has 1 aromatic rings. The van der Waals surface area contributed by atoms with Gasteiger partial charge in [-0.25, -0.2) is 0 Å². The van der Waals surface area contributed by atoms with E-state index in [-0.39, 0.29) is 6.04 Å². The van der Waals surface area contributed by atoms with Crippen LogP contribution >= 0.6 is 27.7 Å². The second-order valence-corrected chi connectivity index (χ2v) is 7.12. The average molecular weight is 330 g/mol. The van der Waals surface area contributed by atoms with E-state index in [0.29, 0.717) is 10.5 Å². The molecular weight excluding hydrogens is 310 g/mol. The van der Waals surface area contributed by atoms with Crippen LogP contribution < -0.4 is 5.32 Å². The van der Waals surface area contributed by atoms with Crippen LogP contribution in [0, 0.1) is 0 Å². The summed E-state index contributed by atoms with van der Waals surface area (Å²) < 4.78 is 1.47. The largest absolute Gasteiger partial charge is 0.508 e. The number of aromatic hydroxyl groups is 1. The van der Waals surface area contributed by atoms with E-state index >= 15 is 0 Å². The summed E-state index contributed by atoms with van der Waals surface area (Å²) in [6.45, 7) is 3.18. The van der Waals surface area contributed by atoms with Crippen molar-refractivity contribution in [2.45, 2.75) is 37.0 Å². The van der Waals surface area contributed by atoms with Gasteiger partial charge in [-0.1, -0.05) is 22.9 Å². The first-order valence-electron chi connectivity index (χ1n) is 6.37. The lowest BCUT2D eigenvalue weighted by Crippen LogP contribution is -2.29. The minimum Gasteiger partial charge on any atom is -0.508 e. The smallest absolute Gasteiger partial charge is 0.120 e. The molecule has 4 heteroatoms. The molecule has 0 heterocycles. The molecule has 1 aliphatic carbocycles. The number of halogens is 1. The maximum absolute atomic E-state index is 9.97. The maximum Gasteiger partial charge on any atom is 0.120 e. The van der Waals surface area contributed by atoms with Crippen LogP contribution in [0.3, 0.4) is 0 Å². The Hall–Kier alpha value is -0.190. The summed E-state index contributed by atoms with van der Waals surface area (Å²) in [5, 5.41) is 13.6. The number of hydrogen-bond acceptors (Lipinski definition) is 3. The van der Waals surface area contributed by atoms with Gasteiger partial charge in [0, 0.05) is 27.4 Å². The zero-order valence-electron chi connectivity index (χ0n) is 10.9. The number of nitrogens with one attached hydrogen (secondary N) is 1. The molecule has 1 atom stereocenters. The summed E-state index contributed by atoms with van der Waals surface area (Å²) in [4.78, 5) is 0. The molecule has 0 radical (unpaired) electrons. The summed E-state index contributed by atoms with van der Waals surface area (Å²) in [5.41, 5.74) is 0.990. The third kappa shape index (κ3) is 3.22. The first-order valence-corrected chi connectivity index (χ1v) is 8.39. The highest BCUT2D eigenvalue weighted by Gasteiger charge is 2.41. The Morgan fingerprint density at radius 2 is 2.22 bits per heavy atom. The monoisotopic (exact) mass is 329 g/mol. The van der Waals surface area contributed by atoms with Gasteiger partial charge < -0.3 is 10.4 Å². The molecule has 0 spiro atoms. The fourth-order valence-electron chi connectivity index (χ4n) is 2.18. The molecule has 0 aromatic heterocycles. The van der Waals surface area contributed by atoms with Gasteiger partial charge in [-0.05, 0) is 43.7 Å². The van der Waals surface area contributed by atoms with Crippen molar-refractivity contribution in [2.24, 2.45) is 0 Å². The van der Waals surface area contributed by atoms with E-state index in [0.717, 1.165) is 23.0 Å². The van der Waals surface area contributed by atoms with E-state index in [4.69, 9.17) is 0 Å². The minimum atomic E-state index is 0.229. The van der Waals surface area contributed by atoms with Crippen molar-refractivity contribution < 1.29 is 5.11 Å². The number of thioether (sulfide) groups is 1. The number of phenolic OH excluding ortho intramolecular Hbond substituents is 1. The van der Waals surface area contributed by atoms with Crippen LogP contribution in [0.4, 0.5) is 0 Å². The first kappa shape index (κ1) is 14.2. The van der Waals surface area contributed by atoms with E-state index in [1.54, 1.807) is 6.07 Å². The van der Waals surface area contributed by atoms with Crippen molar-refractivity contribution in [2.75, 3.05) is 12.8 Å². The third-order valence-corrected chi connectivity index (χ3v) is 5.60. The van der Waals surface area contributed by atoms with Crippen molar-refractivity contribution in [3.05, 3.63) is 28.2 Å². The van der Waals surface area contributed by atoms with Crippen LogP contribution in [-0.2, 0) is 0 Å². The molecule has 1 unspecified atom stereocenters. The zero-order chi connectivity index (χ0) is 13.2. The van der Waals surface area contributed by atoms with E-state index in [9.17, 15) is 5.11 Å².